The zero-order chi connectivity index (χ0) is 12.7. The van der Waals surface area contributed by atoms with Crippen molar-refractivity contribution < 1.29 is 10.2 Å². The third kappa shape index (κ3) is 4.46. The predicted octanol–water partition coefficient (Wildman–Crippen LogP) is 1.21. The Morgan fingerprint density at radius 1 is 1.24 bits per heavy atom. The van der Waals surface area contributed by atoms with Gasteiger partial charge < -0.3 is 15.1 Å². The maximum absolute atomic E-state index is 9.23. The van der Waals surface area contributed by atoms with Crippen LogP contribution in [0.1, 0.15) is 17.5 Å². The summed E-state index contributed by atoms with van der Waals surface area (Å²) in [5.41, 5.74) is 2.66. The first kappa shape index (κ1) is 14.2. The van der Waals surface area contributed by atoms with E-state index in [1.165, 1.54) is 11.1 Å². The molecule has 0 saturated heterocycles. The first-order chi connectivity index (χ1) is 8.19. The summed E-state index contributed by atoms with van der Waals surface area (Å²) in [6.07, 6.45) is 1.60. The first-order valence-corrected chi connectivity index (χ1v) is 6.15. The van der Waals surface area contributed by atoms with Gasteiger partial charge in [0.1, 0.15) is 0 Å². The molecule has 0 aliphatic carbocycles. The van der Waals surface area contributed by atoms with Crippen LogP contribution in [0.5, 0.6) is 0 Å². The van der Waals surface area contributed by atoms with Crippen molar-refractivity contribution >= 4 is 0 Å². The number of aliphatic hydroxyl groups excluding tert-OH is 2. The standard InChI is InChI=1S/C14H23NO2/c1-12-5-3-4-6-13(12)7-9-15(2)14(11-17)8-10-16/h3-6,14,16-17H,7-11H2,1-2H3. The number of aryl methyl sites for hydroxylation is 1. The summed E-state index contributed by atoms with van der Waals surface area (Å²) in [7, 11) is 1.99. The lowest BCUT2D eigenvalue weighted by molar-refractivity contribution is 0.120. The highest BCUT2D eigenvalue weighted by Gasteiger charge is 2.12. The second-order valence-corrected chi connectivity index (χ2v) is 4.51. The Kier molecular flexibility index (Phi) is 6.19. The zero-order valence-corrected chi connectivity index (χ0v) is 10.8. The second kappa shape index (κ2) is 7.43. The molecule has 0 heterocycles. The Morgan fingerprint density at radius 3 is 2.53 bits per heavy atom. The van der Waals surface area contributed by atoms with Crippen molar-refractivity contribution in [2.24, 2.45) is 0 Å². The van der Waals surface area contributed by atoms with E-state index in [0.717, 1.165) is 13.0 Å². The number of benzene rings is 1. The number of rotatable bonds is 7. The molecule has 0 aromatic heterocycles. The predicted molar refractivity (Wildman–Crippen MR) is 70.1 cm³/mol. The number of hydrogen-bond donors (Lipinski definition) is 2. The van der Waals surface area contributed by atoms with E-state index in [9.17, 15) is 5.11 Å². The van der Waals surface area contributed by atoms with Gasteiger partial charge in [-0.25, -0.2) is 0 Å². The molecule has 0 saturated carbocycles. The Hall–Kier alpha value is -0.900. The third-order valence-electron chi connectivity index (χ3n) is 3.29. The quantitative estimate of drug-likeness (QED) is 0.749. The molecule has 0 aliphatic rings. The lowest BCUT2D eigenvalue weighted by Crippen LogP contribution is -2.36. The van der Waals surface area contributed by atoms with Gasteiger partial charge in [0.05, 0.1) is 6.61 Å². The minimum atomic E-state index is 0.0593. The summed E-state index contributed by atoms with van der Waals surface area (Å²) in [6.45, 7) is 3.24. The van der Waals surface area contributed by atoms with Crippen molar-refractivity contribution in [2.75, 3.05) is 26.8 Å². The normalized spacial score (nSPS) is 13.0. The van der Waals surface area contributed by atoms with Crippen molar-refractivity contribution in [1.29, 1.82) is 0 Å². The average Bonchev–Trinajstić information content (AvgIpc) is 2.34. The van der Waals surface area contributed by atoms with Gasteiger partial charge in [0.2, 0.25) is 0 Å². The molecule has 0 aliphatic heterocycles. The highest BCUT2D eigenvalue weighted by atomic mass is 16.3. The van der Waals surface area contributed by atoms with E-state index >= 15 is 0 Å². The fourth-order valence-electron chi connectivity index (χ4n) is 1.97. The highest BCUT2D eigenvalue weighted by Crippen LogP contribution is 2.09. The van der Waals surface area contributed by atoms with Gasteiger partial charge in [-0.3, -0.25) is 0 Å². The van der Waals surface area contributed by atoms with Gasteiger partial charge in [-0.15, -0.1) is 0 Å². The molecular weight excluding hydrogens is 214 g/mol. The van der Waals surface area contributed by atoms with E-state index in [2.05, 4.69) is 30.0 Å². The minimum absolute atomic E-state index is 0.0593. The van der Waals surface area contributed by atoms with Gasteiger partial charge in [-0.1, -0.05) is 24.3 Å². The Bertz CT molecular complexity index is 328. The van der Waals surface area contributed by atoms with Crippen molar-refractivity contribution in [1.82, 2.24) is 4.90 Å². The summed E-state index contributed by atoms with van der Waals surface area (Å²) in [4.78, 5) is 2.11. The molecule has 0 bridgehead atoms. The van der Waals surface area contributed by atoms with Gasteiger partial charge in [-0.05, 0) is 37.9 Å². The molecule has 17 heavy (non-hydrogen) atoms. The van der Waals surface area contributed by atoms with Crippen LogP contribution in [0.4, 0.5) is 0 Å². The fraction of sp³-hybridized carbons (Fsp3) is 0.571. The van der Waals surface area contributed by atoms with Crippen LogP contribution >= 0.6 is 0 Å². The molecule has 1 aromatic carbocycles. The molecule has 3 heteroatoms. The van der Waals surface area contributed by atoms with E-state index in [1.807, 2.05) is 13.1 Å². The van der Waals surface area contributed by atoms with Crippen LogP contribution < -0.4 is 0 Å². The number of hydrogen-bond acceptors (Lipinski definition) is 3. The van der Waals surface area contributed by atoms with E-state index in [4.69, 9.17) is 5.11 Å². The van der Waals surface area contributed by atoms with E-state index < -0.39 is 0 Å². The SMILES string of the molecule is Cc1ccccc1CCN(C)C(CO)CCO. The Labute approximate surface area is 104 Å². The average molecular weight is 237 g/mol. The maximum Gasteiger partial charge on any atom is 0.0587 e. The molecule has 1 aromatic rings. The molecule has 0 radical (unpaired) electrons. The molecule has 96 valence electrons. The van der Waals surface area contributed by atoms with Crippen LogP contribution in [-0.2, 0) is 6.42 Å². The van der Waals surface area contributed by atoms with Crippen LogP contribution in [-0.4, -0.2) is 48.0 Å². The molecule has 1 unspecified atom stereocenters. The van der Waals surface area contributed by atoms with E-state index in [1.54, 1.807) is 0 Å². The lowest BCUT2D eigenvalue weighted by atomic mass is 10.1. The van der Waals surface area contributed by atoms with Crippen LogP contribution in [0.3, 0.4) is 0 Å². The minimum Gasteiger partial charge on any atom is -0.396 e. The van der Waals surface area contributed by atoms with Gasteiger partial charge in [-0.2, -0.15) is 0 Å². The molecule has 0 fully saturated rings. The van der Waals surface area contributed by atoms with Crippen molar-refractivity contribution in [3.8, 4) is 0 Å². The third-order valence-corrected chi connectivity index (χ3v) is 3.29. The number of likely N-dealkylation sites (N-methyl/N-ethyl adjacent to an activating group) is 1. The number of nitrogens with zero attached hydrogens (tertiary/aromatic N) is 1. The highest BCUT2D eigenvalue weighted by molar-refractivity contribution is 5.25. The van der Waals surface area contributed by atoms with Gasteiger partial charge in [0, 0.05) is 19.2 Å². The molecule has 3 nitrogen and oxygen atoms in total. The van der Waals surface area contributed by atoms with Gasteiger partial charge in [0.25, 0.3) is 0 Å². The van der Waals surface area contributed by atoms with Crippen LogP contribution in [0, 0.1) is 6.92 Å². The summed E-state index contributed by atoms with van der Waals surface area (Å²) in [6, 6.07) is 8.42. The van der Waals surface area contributed by atoms with Crippen LogP contribution in [0.2, 0.25) is 0 Å². The summed E-state index contributed by atoms with van der Waals surface area (Å²) in [5, 5.41) is 18.1. The zero-order valence-electron chi connectivity index (χ0n) is 10.8. The van der Waals surface area contributed by atoms with Crippen molar-refractivity contribution in [2.45, 2.75) is 25.8 Å². The van der Waals surface area contributed by atoms with E-state index in [-0.39, 0.29) is 19.3 Å². The first-order valence-electron chi connectivity index (χ1n) is 6.15. The summed E-state index contributed by atoms with van der Waals surface area (Å²) in [5.74, 6) is 0. The van der Waals surface area contributed by atoms with E-state index in [0.29, 0.717) is 6.42 Å². The molecule has 0 spiro atoms. The molecule has 1 rings (SSSR count). The monoisotopic (exact) mass is 237 g/mol. The molecule has 1 atom stereocenters. The second-order valence-electron chi connectivity index (χ2n) is 4.51. The summed E-state index contributed by atoms with van der Waals surface area (Å²) < 4.78 is 0. The van der Waals surface area contributed by atoms with Crippen molar-refractivity contribution in [3.05, 3.63) is 35.4 Å². The molecule has 0 amide bonds. The van der Waals surface area contributed by atoms with Crippen LogP contribution in [0.15, 0.2) is 24.3 Å². The van der Waals surface area contributed by atoms with Crippen LogP contribution in [0.25, 0.3) is 0 Å². The Balaban J connectivity index is 2.47. The largest absolute Gasteiger partial charge is 0.396 e. The van der Waals surface area contributed by atoms with Gasteiger partial charge >= 0.3 is 0 Å². The maximum atomic E-state index is 9.23. The Morgan fingerprint density at radius 2 is 1.94 bits per heavy atom. The van der Waals surface area contributed by atoms with Gasteiger partial charge in [0.15, 0.2) is 0 Å². The topological polar surface area (TPSA) is 43.7 Å². The summed E-state index contributed by atoms with van der Waals surface area (Å²) >= 11 is 0. The molecule has 2 N–H and O–H groups in total. The number of aliphatic hydroxyl groups is 2. The fourth-order valence-corrected chi connectivity index (χ4v) is 1.97. The molecular formula is C14H23NO2. The van der Waals surface area contributed by atoms with Crippen molar-refractivity contribution in [3.63, 3.8) is 0 Å². The lowest BCUT2D eigenvalue weighted by Gasteiger charge is -2.26. The smallest absolute Gasteiger partial charge is 0.0587 e.